The van der Waals surface area contributed by atoms with E-state index in [0.717, 1.165) is 16.9 Å². The van der Waals surface area contributed by atoms with Crippen LogP contribution in [0.3, 0.4) is 0 Å². The van der Waals surface area contributed by atoms with E-state index in [9.17, 15) is 10.1 Å². The Morgan fingerprint density at radius 3 is 2.68 bits per heavy atom. The Balaban J connectivity index is 2.64. The second-order valence-electron chi connectivity index (χ2n) is 3.74. The zero-order valence-corrected chi connectivity index (χ0v) is 11.2. The fourth-order valence-corrected chi connectivity index (χ4v) is 2.69. The van der Waals surface area contributed by atoms with Crippen LogP contribution in [0.4, 0.5) is 5.00 Å². The number of nitriles is 1. The molecule has 4 nitrogen and oxygen atoms in total. The van der Waals surface area contributed by atoms with Crippen molar-refractivity contribution in [2.45, 2.75) is 6.92 Å². The normalized spacial score (nSPS) is 9.89. The molecule has 0 bridgehead atoms. The predicted octanol–water partition coefficient (Wildman–Crippen LogP) is 3.05. The summed E-state index contributed by atoms with van der Waals surface area (Å²) in [5.74, 6) is -0.489. The van der Waals surface area contributed by atoms with Gasteiger partial charge in [-0.05, 0) is 12.5 Å². The molecule has 0 radical (unpaired) electrons. The van der Waals surface area contributed by atoms with E-state index in [0.29, 0.717) is 15.4 Å². The van der Waals surface area contributed by atoms with Gasteiger partial charge in [-0.25, -0.2) is 4.79 Å². The Kier molecular flexibility index (Phi) is 3.83. The van der Waals surface area contributed by atoms with Crippen molar-refractivity contribution in [2.24, 2.45) is 0 Å². The maximum absolute atomic E-state index is 12.0. The Morgan fingerprint density at radius 1 is 1.42 bits per heavy atom. The fourth-order valence-electron chi connectivity index (χ4n) is 1.81. The van der Waals surface area contributed by atoms with E-state index in [-0.39, 0.29) is 12.2 Å². The maximum Gasteiger partial charge on any atom is 0.341 e. The summed E-state index contributed by atoms with van der Waals surface area (Å²) in [5, 5.41) is 9.50. The largest absolute Gasteiger partial charge is 0.462 e. The number of hydrogen-bond acceptors (Lipinski definition) is 5. The molecule has 0 spiro atoms. The van der Waals surface area contributed by atoms with Gasteiger partial charge in [0.1, 0.15) is 21.5 Å². The van der Waals surface area contributed by atoms with Crippen LogP contribution in [0.25, 0.3) is 11.1 Å². The number of ether oxygens (including phenoxy) is 1. The summed E-state index contributed by atoms with van der Waals surface area (Å²) in [7, 11) is 0. The van der Waals surface area contributed by atoms with Gasteiger partial charge in [0, 0.05) is 5.56 Å². The molecule has 0 fully saturated rings. The van der Waals surface area contributed by atoms with Gasteiger partial charge in [0.25, 0.3) is 0 Å². The first-order valence-corrected chi connectivity index (χ1v) is 6.55. The second kappa shape index (κ2) is 5.55. The smallest absolute Gasteiger partial charge is 0.341 e. The van der Waals surface area contributed by atoms with Crippen LogP contribution < -0.4 is 5.73 Å². The molecule has 0 amide bonds. The van der Waals surface area contributed by atoms with E-state index < -0.39 is 5.97 Å². The summed E-state index contributed by atoms with van der Waals surface area (Å²) < 4.78 is 5.01. The van der Waals surface area contributed by atoms with Crippen LogP contribution in [-0.2, 0) is 4.74 Å². The lowest BCUT2D eigenvalue weighted by Gasteiger charge is -2.05. The van der Waals surface area contributed by atoms with Crippen molar-refractivity contribution in [3.8, 4) is 17.2 Å². The molecule has 0 unspecified atom stereocenters. The van der Waals surface area contributed by atoms with Gasteiger partial charge in [0.2, 0.25) is 0 Å². The lowest BCUT2D eigenvalue weighted by Crippen LogP contribution is -2.07. The first-order valence-electron chi connectivity index (χ1n) is 5.74. The Morgan fingerprint density at radius 2 is 2.11 bits per heavy atom. The summed E-state index contributed by atoms with van der Waals surface area (Å²) >= 11 is 1.11. The van der Waals surface area contributed by atoms with E-state index in [1.165, 1.54) is 0 Å². The summed E-state index contributed by atoms with van der Waals surface area (Å²) in [6.45, 7) is 2.00. The zero-order chi connectivity index (χ0) is 13.8. The van der Waals surface area contributed by atoms with Gasteiger partial charge in [0.05, 0.1) is 6.61 Å². The van der Waals surface area contributed by atoms with Crippen molar-refractivity contribution in [1.82, 2.24) is 0 Å². The number of nitrogens with two attached hydrogens (primary N) is 1. The van der Waals surface area contributed by atoms with E-state index >= 15 is 0 Å². The number of thiophene rings is 1. The molecule has 2 rings (SSSR count). The van der Waals surface area contributed by atoms with E-state index in [4.69, 9.17) is 10.5 Å². The van der Waals surface area contributed by atoms with Crippen LogP contribution in [0.5, 0.6) is 0 Å². The highest BCUT2D eigenvalue weighted by Gasteiger charge is 2.24. The molecule has 0 aliphatic heterocycles. The summed E-state index contributed by atoms with van der Waals surface area (Å²) in [6, 6.07) is 11.3. The first kappa shape index (κ1) is 13.1. The zero-order valence-electron chi connectivity index (χ0n) is 10.3. The molecule has 1 aromatic heterocycles. The lowest BCUT2D eigenvalue weighted by atomic mass is 10.0. The van der Waals surface area contributed by atoms with E-state index in [1.807, 2.05) is 30.3 Å². The summed E-state index contributed by atoms with van der Waals surface area (Å²) in [6.07, 6.45) is 0. The third-order valence-electron chi connectivity index (χ3n) is 2.58. The summed E-state index contributed by atoms with van der Waals surface area (Å²) in [5.41, 5.74) is 7.49. The number of hydrogen-bond donors (Lipinski definition) is 1. The van der Waals surface area contributed by atoms with Crippen molar-refractivity contribution in [3.63, 3.8) is 0 Å². The molecular weight excluding hydrogens is 260 g/mol. The van der Waals surface area contributed by atoms with E-state index in [1.54, 1.807) is 6.92 Å². The average molecular weight is 272 g/mol. The monoisotopic (exact) mass is 272 g/mol. The minimum Gasteiger partial charge on any atom is -0.462 e. The second-order valence-corrected chi connectivity index (χ2v) is 4.80. The van der Waals surface area contributed by atoms with Crippen molar-refractivity contribution in [3.05, 3.63) is 40.8 Å². The molecular formula is C14H12N2O2S. The molecule has 0 aliphatic carbocycles. The topological polar surface area (TPSA) is 76.1 Å². The first-order chi connectivity index (χ1) is 9.19. The van der Waals surface area contributed by atoms with Crippen LogP contribution in [0, 0.1) is 11.3 Å². The van der Waals surface area contributed by atoms with Gasteiger partial charge in [-0.15, -0.1) is 11.3 Å². The summed E-state index contributed by atoms with van der Waals surface area (Å²) in [4.78, 5) is 12.4. The standard InChI is InChI=1S/C14H12N2O2S/c1-2-18-14(17)12-11(9-6-4-3-5-7-9)10(8-15)19-13(12)16/h3-7H,2,16H2,1H3. The molecule has 2 aromatic rings. The number of benzene rings is 1. The molecule has 19 heavy (non-hydrogen) atoms. The highest BCUT2D eigenvalue weighted by atomic mass is 32.1. The van der Waals surface area contributed by atoms with Gasteiger partial charge in [-0.2, -0.15) is 5.26 Å². The number of nitrogen functional groups attached to an aromatic ring is 1. The molecule has 5 heteroatoms. The van der Waals surface area contributed by atoms with Crippen LogP contribution in [0.2, 0.25) is 0 Å². The maximum atomic E-state index is 12.0. The highest BCUT2D eigenvalue weighted by Crippen LogP contribution is 2.38. The Bertz CT molecular complexity index is 641. The van der Waals surface area contributed by atoms with Crippen LogP contribution in [0.15, 0.2) is 30.3 Å². The number of anilines is 1. The van der Waals surface area contributed by atoms with Crippen LogP contribution in [-0.4, -0.2) is 12.6 Å². The van der Waals surface area contributed by atoms with Gasteiger partial charge in [-0.3, -0.25) is 0 Å². The van der Waals surface area contributed by atoms with Gasteiger partial charge in [0.15, 0.2) is 0 Å². The minimum absolute atomic E-state index is 0.268. The third kappa shape index (κ3) is 2.44. The van der Waals surface area contributed by atoms with Gasteiger partial charge in [-0.1, -0.05) is 30.3 Å². The van der Waals surface area contributed by atoms with Crippen LogP contribution >= 0.6 is 11.3 Å². The number of nitrogens with zero attached hydrogens (tertiary/aromatic N) is 1. The van der Waals surface area contributed by atoms with Crippen molar-refractivity contribution in [2.75, 3.05) is 12.3 Å². The Labute approximate surface area is 115 Å². The molecule has 1 heterocycles. The minimum atomic E-state index is -0.489. The Hall–Kier alpha value is -2.32. The molecule has 0 atom stereocenters. The molecule has 2 N–H and O–H groups in total. The average Bonchev–Trinajstić information content (AvgIpc) is 2.77. The van der Waals surface area contributed by atoms with E-state index in [2.05, 4.69) is 6.07 Å². The molecule has 96 valence electrons. The fraction of sp³-hybridized carbons (Fsp3) is 0.143. The molecule has 1 aromatic carbocycles. The third-order valence-corrected chi connectivity index (χ3v) is 3.50. The molecule has 0 saturated carbocycles. The van der Waals surface area contributed by atoms with Crippen molar-refractivity contribution >= 4 is 22.3 Å². The number of carbonyl (C=O) groups excluding carboxylic acids is 1. The van der Waals surface area contributed by atoms with Crippen molar-refractivity contribution in [1.29, 1.82) is 5.26 Å². The molecule has 0 aliphatic rings. The SMILES string of the molecule is CCOC(=O)c1c(N)sc(C#N)c1-c1ccccc1. The van der Waals surface area contributed by atoms with Crippen LogP contribution in [0.1, 0.15) is 22.2 Å². The lowest BCUT2D eigenvalue weighted by molar-refractivity contribution is 0.0529. The number of carbonyl (C=O) groups is 1. The predicted molar refractivity (Wildman–Crippen MR) is 74.8 cm³/mol. The number of esters is 1. The van der Waals surface area contributed by atoms with Gasteiger partial charge < -0.3 is 10.5 Å². The molecule has 0 saturated heterocycles. The number of rotatable bonds is 3. The quantitative estimate of drug-likeness (QED) is 0.871. The van der Waals surface area contributed by atoms with Crippen molar-refractivity contribution < 1.29 is 9.53 Å². The van der Waals surface area contributed by atoms with Gasteiger partial charge >= 0.3 is 5.97 Å². The highest BCUT2D eigenvalue weighted by molar-refractivity contribution is 7.17.